The zero-order chi connectivity index (χ0) is 15.7. The van der Waals surface area contributed by atoms with E-state index in [1.807, 2.05) is 52.0 Å². The maximum absolute atomic E-state index is 12.4. The average molecular weight is 293 g/mol. The third-order valence-corrected chi connectivity index (χ3v) is 3.07. The summed E-state index contributed by atoms with van der Waals surface area (Å²) in [6.07, 6.45) is 1.14. The number of benzene rings is 1. The summed E-state index contributed by atoms with van der Waals surface area (Å²) in [6.45, 7) is 9.86. The van der Waals surface area contributed by atoms with Gasteiger partial charge in [-0.05, 0) is 52.8 Å². The Morgan fingerprint density at radius 3 is 2.62 bits per heavy atom. The molecule has 1 aromatic carbocycles. The fourth-order valence-electron chi connectivity index (χ4n) is 1.99. The fourth-order valence-corrected chi connectivity index (χ4v) is 1.99. The van der Waals surface area contributed by atoms with E-state index in [2.05, 4.69) is 5.32 Å². The van der Waals surface area contributed by atoms with Crippen molar-refractivity contribution in [2.45, 2.75) is 46.3 Å². The summed E-state index contributed by atoms with van der Waals surface area (Å²) in [6, 6.07) is 7.15. The van der Waals surface area contributed by atoms with Gasteiger partial charge in [0.1, 0.15) is 5.75 Å². The number of carbonyl (C=O) groups excluding carboxylic acids is 1. The van der Waals surface area contributed by atoms with Crippen molar-refractivity contribution in [2.24, 2.45) is 0 Å². The van der Waals surface area contributed by atoms with Crippen LogP contribution in [-0.2, 0) is 4.74 Å². The van der Waals surface area contributed by atoms with Crippen molar-refractivity contribution in [3.63, 3.8) is 0 Å². The number of nitrogens with one attached hydrogen (secondary N) is 1. The molecule has 0 heterocycles. The molecule has 0 aromatic heterocycles. The van der Waals surface area contributed by atoms with E-state index in [-0.39, 0.29) is 17.9 Å². The molecule has 0 saturated heterocycles. The molecule has 118 valence electrons. The van der Waals surface area contributed by atoms with Crippen LogP contribution in [0.15, 0.2) is 24.3 Å². The third-order valence-electron chi connectivity index (χ3n) is 3.07. The van der Waals surface area contributed by atoms with Crippen molar-refractivity contribution < 1.29 is 14.3 Å². The van der Waals surface area contributed by atoms with Crippen LogP contribution in [0.2, 0.25) is 0 Å². The van der Waals surface area contributed by atoms with Crippen LogP contribution in [0.1, 0.15) is 44.5 Å². The highest BCUT2D eigenvalue weighted by molar-refractivity contribution is 6.02. The molecule has 1 atom stereocenters. The summed E-state index contributed by atoms with van der Waals surface area (Å²) in [5.74, 6) is 0.714. The van der Waals surface area contributed by atoms with Gasteiger partial charge in [-0.15, -0.1) is 0 Å². The number of hydrogen-bond acceptors (Lipinski definition) is 4. The lowest BCUT2D eigenvalue weighted by molar-refractivity contribution is 0.0759. The minimum Gasteiger partial charge on any atom is -0.493 e. The Hall–Kier alpha value is -1.39. The predicted octanol–water partition coefficient (Wildman–Crippen LogP) is 3.06. The molecule has 4 nitrogen and oxygen atoms in total. The predicted molar refractivity (Wildman–Crippen MR) is 85.1 cm³/mol. The van der Waals surface area contributed by atoms with E-state index in [0.717, 1.165) is 13.0 Å². The number of para-hydroxylation sites is 1. The lowest BCUT2D eigenvalue weighted by Crippen LogP contribution is -2.35. The zero-order valence-electron chi connectivity index (χ0n) is 13.5. The molecule has 0 spiro atoms. The molecule has 4 heteroatoms. The van der Waals surface area contributed by atoms with Crippen LogP contribution in [0.3, 0.4) is 0 Å². The van der Waals surface area contributed by atoms with E-state index in [1.54, 1.807) is 0 Å². The summed E-state index contributed by atoms with van der Waals surface area (Å²) >= 11 is 0. The molecule has 0 radical (unpaired) electrons. The molecule has 0 amide bonds. The maximum Gasteiger partial charge on any atom is 0.183 e. The molecule has 1 N–H and O–H groups in total. The molecule has 0 saturated carbocycles. The molecule has 0 aliphatic rings. The Morgan fingerprint density at radius 1 is 1.24 bits per heavy atom. The molecule has 0 fully saturated rings. The monoisotopic (exact) mass is 293 g/mol. The number of rotatable bonds is 10. The van der Waals surface area contributed by atoms with E-state index in [9.17, 15) is 4.79 Å². The summed E-state index contributed by atoms with van der Waals surface area (Å²) in [5.41, 5.74) is 0.637. The number of carbonyl (C=O) groups is 1. The third kappa shape index (κ3) is 6.27. The number of hydrogen-bond donors (Lipinski definition) is 1. The standard InChI is InChI=1S/C17H27NO3/c1-5-20-16-10-7-6-9-15(16)17(19)14(4)18-11-8-12-21-13(2)3/h6-7,9-10,13-14,18H,5,8,11-12H2,1-4H3. The summed E-state index contributed by atoms with van der Waals surface area (Å²) < 4.78 is 11.0. The van der Waals surface area contributed by atoms with Crippen molar-refractivity contribution in [1.29, 1.82) is 0 Å². The van der Waals surface area contributed by atoms with Gasteiger partial charge in [0.2, 0.25) is 0 Å². The highest BCUT2D eigenvalue weighted by Gasteiger charge is 2.18. The second kappa shape index (κ2) is 9.53. The van der Waals surface area contributed by atoms with E-state index in [0.29, 0.717) is 24.5 Å². The highest BCUT2D eigenvalue weighted by atomic mass is 16.5. The van der Waals surface area contributed by atoms with E-state index >= 15 is 0 Å². The van der Waals surface area contributed by atoms with Gasteiger partial charge in [-0.3, -0.25) is 4.79 Å². The molecule has 0 aliphatic carbocycles. The smallest absolute Gasteiger partial charge is 0.183 e. The van der Waals surface area contributed by atoms with Crippen LogP contribution in [-0.4, -0.2) is 37.7 Å². The zero-order valence-corrected chi connectivity index (χ0v) is 13.5. The molecule has 1 unspecified atom stereocenters. The highest BCUT2D eigenvalue weighted by Crippen LogP contribution is 2.19. The Kier molecular flexibility index (Phi) is 8.01. The lowest BCUT2D eigenvalue weighted by Gasteiger charge is -2.15. The van der Waals surface area contributed by atoms with Gasteiger partial charge in [0, 0.05) is 6.61 Å². The van der Waals surface area contributed by atoms with Crippen molar-refractivity contribution >= 4 is 5.78 Å². The van der Waals surface area contributed by atoms with Crippen LogP contribution in [0.25, 0.3) is 0 Å². The first kappa shape index (κ1) is 17.7. The van der Waals surface area contributed by atoms with Crippen molar-refractivity contribution in [3.8, 4) is 5.75 Å². The topological polar surface area (TPSA) is 47.6 Å². The van der Waals surface area contributed by atoms with Crippen LogP contribution in [0.5, 0.6) is 5.75 Å². The normalized spacial score (nSPS) is 12.4. The van der Waals surface area contributed by atoms with Gasteiger partial charge in [0.25, 0.3) is 0 Å². The quantitative estimate of drug-likeness (QED) is 0.532. The van der Waals surface area contributed by atoms with Crippen molar-refractivity contribution in [2.75, 3.05) is 19.8 Å². The van der Waals surface area contributed by atoms with Gasteiger partial charge in [0.05, 0.1) is 24.3 Å². The SMILES string of the molecule is CCOc1ccccc1C(=O)C(C)NCCCOC(C)C. The molecule has 1 aromatic rings. The second-order valence-corrected chi connectivity index (χ2v) is 5.24. The van der Waals surface area contributed by atoms with Gasteiger partial charge in [-0.2, -0.15) is 0 Å². The van der Waals surface area contributed by atoms with Crippen molar-refractivity contribution in [1.82, 2.24) is 5.32 Å². The minimum absolute atomic E-state index is 0.0591. The molecule has 0 bridgehead atoms. The van der Waals surface area contributed by atoms with E-state index in [1.165, 1.54) is 0 Å². The van der Waals surface area contributed by atoms with Crippen LogP contribution in [0, 0.1) is 0 Å². The number of ether oxygens (including phenoxy) is 2. The Morgan fingerprint density at radius 2 is 1.95 bits per heavy atom. The first-order valence-corrected chi connectivity index (χ1v) is 7.67. The molecule has 21 heavy (non-hydrogen) atoms. The number of Topliss-reactive ketones (excluding diaryl/α,β-unsaturated/α-hetero) is 1. The van der Waals surface area contributed by atoms with Gasteiger partial charge in [-0.25, -0.2) is 0 Å². The Balaban J connectivity index is 2.47. The fraction of sp³-hybridized carbons (Fsp3) is 0.588. The molecule has 0 aliphatic heterocycles. The lowest BCUT2D eigenvalue weighted by atomic mass is 10.0. The van der Waals surface area contributed by atoms with Gasteiger partial charge in [0.15, 0.2) is 5.78 Å². The van der Waals surface area contributed by atoms with E-state index in [4.69, 9.17) is 9.47 Å². The maximum atomic E-state index is 12.4. The minimum atomic E-state index is -0.231. The number of ketones is 1. The van der Waals surface area contributed by atoms with Crippen molar-refractivity contribution in [3.05, 3.63) is 29.8 Å². The molecule has 1 rings (SSSR count). The van der Waals surface area contributed by atoms with E-state index < -0.39 is 0 Å². The van der Waals surface area contributed by atoms with Gasteiger partial charge >= 0.3 is 0 Å². The summed E-state index contributed by atoms with van der Waals surface area (Å²) in [5, 5.41) is 3.24. The molecular weight excluding hydrogens is 266 g/mol. The second-order valence-electron chi connectivity index (χ2n) is 5.24. The first-order valence-electron chi connectivity index (χ1n) is 7.67. The Bertz CT molecular complexity index is 432. The molecular formula is C17H27NO3. The Labute approximate surface area is 127 Å². The van der Waals surface area contributed by atoms with Crippen LogP contribution < -0.4 is 10.1 Å². The summed E-state index contributed by atoms with van der Waals surface area (Å²) in [4.78, 5) is 12.4. The van der Waals surface area contributed by atoms with Gasteiger partial charge < -0.3 is 14.8 Å². The van der Waals surface area contributed by atoms with Crippen LogP contribution >= 0.6 is 0 Å². The van der Waals surface area contributed by atoms with Gasteiger partial charge in [-0.1, -0.05) is 12.1 Å². The largest absolute Gasteiger partial charge is 0.493 e. The summed E-state index contributed by atoms with van der Waals surface area (Å²) in [7, 11) is 0. The average Bonchev–Trinajstić information content (AvgIpc) is 2.46. The van der Waals surface area contributed by atoms with Crippen LogP contribution in [0.4, 0.5) is 0 Å². The first-order chi connectivity index (χ1) is 10.1.